The van der Waals surface area contributed by atoms with E-state index in [1.165, 1.54) is 6.07 Å². The van der Waals surface area contributed by atoms with Gasteiger partial charge < -0.3 is 9.64 Å². The fourth-order valence-electron chi connectivity index (χ4n) is 2.28. The van der Waals surface area contributed by atoms with Crippen LogP contribution in [0.3, 0.4) is 0 Å². The molecular formula is C14H17BrN2O4. The van der Waals surface area contributed by atoms with Gasteiger partial charge in [-0.1, -0.05) is 15.9 Å². The Morgan fingerprint density at radius 3 is 2.67 bits per heavy atom. The summed E-state index contributed by atoms with van der Waals surface area (Å²) in [6.07, 6.45) is 0.0637. The van der Waals surface area contributed by atoms with Gasteiger partial charge in [0.1, 0.15) is 5.60 Å². The molecule has 0 saturated heterocycles. The first-order valence-corrected chi connectivity index (χ1v) is 7.40. The number of fused-ring (bicyclic) bond motifs is 1. The highest BCUT2D eigenvalue weighted by Crippen LogP contribution is 2.32. The molecule has 0 spiro atoms. The summed E-state index contributed by atoms with van der Waals surface area (Å²) in [6.45, 7) is 6.17. The normalized spacial score (nSPS) is 14.6. The highest BCUT2D eigenvalue weighted by atomic mass is 79.9. The molecule has 0 radical (unpaired) electrons. The summed E-state index contributed by atoms with van der Waals surface area (Å²) in [5.41, 5.74) is 1.03. The van der Waals surface area contributed by atoms with Gasteiger partial charge in [-0.25, -0.2) is 4.79 Å². The van der Waals surface area contributed by atoms with Crippen LogP contribution in [0.25, 0.3) is 0 Å². The highest BCUT2D eigenvalue weighted by molar-refractivity contribution is 9.10. The Hall–Kier alpha value is -1.63. The molecule has 1 aromatic carbocycles. The number of rotatable bonds is 1. The van der Waals surface area contributed by atoms with Crippen LogP contribution in [0.2, 0.25) is 0 Å². The van der Waals surface area contributed by atoms with Crippen LogP contribution in [0.1, 0.15) is 31.9 Å². The Morgan fingerprint density at radius 2 is 2.10 bits per heavy atom. The summed E-state index contributed by atoms with van der Waals surface area (Å²) in [5.74, 6) is 0. The number of amides is 1. The van der Waals surface area contributed by atoms with Gasteiger partial charge in [0.05, 0.1) is 4.92 Å². The second kappa shape index (κ2) is 5.63. The summed E-state index contributed by atoms with van der Waals surface area (Å²) in [5, 5.41) is 11.1. The first-order valence-electron chi connectivity index (χ1n) is 6.61. The van der Waals surface area contributed by atoms with Crippen molar-refractivity contribution in [3.8, 4) is 0 Å². The van der Waals surface area contributed by atoms with Crippen molar-refractivity contribution in [2.24, 2.45) is 0 Å². The first-order chi connectivity index (χ1) is 9.67. The summed E-state index contributed by atoms with van der Waals surface area (Å²) >= 11 is 3.28. The Balaban J connectivity index is 2.25. The number of nitrogens with zero attached hydrogens (tertiary/aromatic N) is 2. The molecule has 1 amide bonds. The first kappa shape index (κ1) is 15.8. The molecule has 7 heteroatoms. The second-order valence-corrected chi connectivity index (χ2v) is 6.89. The molecule has 1 aliphatic heterocycles. The van der Waals surface area contributed by atoms with Crippen molar-refractivity contribution >= 4 is 27.7 Å². The van der Waals surface area contributed by atoms with Crippen molar-refractivity contribution in [1.29, 1.82) is 0 Å². The molecule has 0 N–H and O–H groups in total. The van der Waals surface area contributed by atoms with Crippen LogP contribution < -0.4 is 0 Å². The third kappa shape index (κ3) is 3.72. The average molecular weight is 357 g/mol. The van der Waals surface area contributed by atoms with Crippen LogP contribution in [-0.4, -0.2) is 28.1 Å². The van der Waals surface area contributed by atoms with Gasteiger partial charge in [-0.15, -0.1) is 0 Å². The lowest BCUT2D eigenvalue weighted by atomic mass is 9.98. The molecule has 6 nitrogen and oxygen atoms in total. The highest BCUT2D eigenvalue weighted by Gasteiger charge is 2.29. The Morgan fingerprint density at radius 1 is 1.43 bits per heavy atom. The minimum Gasteiger partial charge on any atom is -0.444 e. The molecule has 0 atom stereocenters. The molecule has 1 aliphatic rings. The maximum Gasteiger partial charge on any atom is 0.410 e. The zero-order chi connectivity index (χ0) is 15.8. The van der Waals surface area contributed by atoms with Crippen LogP contribution >= 0.6 is 15.9 Å². The Bertz CT molecular complexity index is 595. The van der Waals surface area contributed by atoms with Crippen LogP contribution in [0, 0.1) is 10.1 Å². The predicted molar refractivity (Wildman–Crippen MR) is 81.1 cm³/mol. The van der Waals surface area contributed by atoms with Crippen molar-refractivity contribution in [2.45, 2.75) is 39.3 Å². The molecule has 21 heavy (non-hydrogen) atoms. The van der Waals surface area contributed by atoms with Crippen LogP contribution in [-0.2, 0) is 17.7 Å². The predicted octanol–water partition coefficient (Wildman–Crippen LogP) is 3.65. The number of hydrogen-bond donors (Lipinski definition) is 0. The lowest BCUT2D eigenvalue weighted by Gasteiger charge is -2.31. The van der Waals surface area contributed by atoms with Crippen molar-refractivity contribution in [3.63, 3.8) is 0 Å². The topological polar surface area (TPSA) is 72.7 Å². The molecule has 0 saturated carbocycles. The minimum atomic E-state index is -0.555. The van der Waals surface area contributed by atoms with E-state index in [0.717, 1.165) is 5.56 Å². The van der Waals surface area contributed by atoms with Gasteiger partial charge in [-0.05, 0) is 38.8 Å². The standard InChI is InChI=1S/C14H17BrN2O4/c1-14(2,3)21-13(18)16-5-4-11-9(8-16)6-10(15)7-12(11)17(19)20/h6-7H,4-5,8H2,1-3H3. The number of benzene rings is 1. The van der Waals surface area contributed by atoms with Gasteiger partial charge in [0.25, 0.3) is 5.69 Å². The average Bonchev–Trinajstić information content (AvgIpc) is 2.34. The van der Waals surface area contributed by atoms with E-state index in [9.17, 15) is 14.9 Å². The van der Waals surface area contributed by atoms with Gasteiger partial charge in [-0.2, -0.15) is 0 Å². The molecular weight excluding hydrogens is 340 g/mol. The van der Waals surface area contributed by atoms with E-state index >= 15 is 0 Å². The van der Waals surface area contributed by atoms with E-state index in [4.69, 9.17) is 4.74 Å². The Kier molecular flexibility index (Phi) is 4.22. The largest absolute Gasteiger partial charge is 0.444 e. The number of carbonyl (C=O) groups excluding carboxylic acids is 1. The molecule has 0 unspecified atom stereocenters. The zero-order valence-corrected chi connectivity index (χ0v) is 13.8. The number of nitro groups is 1. The van der Waals surface area contributed by atoms with Gasteiger partial charge in [-0.3, -0.25) is 10.1 Å². The van der Waals surface area contributed by atoms with E-state index in [1.807, 2.05) is 26.8 Å². The fraction of sp³-hybridized carbons (Fsp3) is 0.500. The van der Waals surface area contributed by atoms with Gasteiger partial charge in [0.15, 0.2) is 0 Å². The maximum atomic E-state index is 12.1. The minimum absolute atomic E-state index is 0.100. The number of carbonyl (C=O) groups is 1. The Labute approximate surface area is 131 Å². The van der Waals surface area contributed by atoms with Crippen molar-refractivity contribution in [1.82, 2.24) is 4.90 Å². The number of nitro benzene ring substituents is 1. The molecule has 1 aromatic rings. The summed E-state index contributed by atoms with van der Waals surface area (Å²) in [4.78, 5) is 24.4. The summed E-state index contributed by atoms with van der Waals surface area (Å²) in [7, 11) is 0. The summed E-state index contributed by atoms with van der Waals surface area (Å²) < 4.78 is 5.98. The van der Waals surface area contributed by atoms with Crippen molar-refractivity contribution < 1.29 is 14.5 Å². The molecule has 0 bridgehead atoms. The molecule has 0 fully saturated rings. The van der Waals surface area contributed by atoms with Crippen molar-refractivity contribution in [3.05, 3.63) is 37.8 Å². The monoisotopic (exact) mass is 356 g/mol. The SMILES string of the molecule is CC(C)(C)OC(=O)N1CCc2c(cc(Br)cc2[N+](=O)[O-])C1. The van der Waals surface area contributed by atoms with Gasteiger partial charge >= 0.3 is 6.09 Å². The second-order valence-electron chi connectivity index (χ2n) is 5.97. The van der Waals surface area contributed by atoms with E-state index in [-0.39, 0.29) is 10.6 Å². The van der Waals surface area contributed by atoms with E-state index in [1.54, 1.807) is 4.90 Å². The van der Waals surface area contributed by atoms with Crippen LogP contribution in [0.5, 0.6) is 0 Å². The van der Waals surface area contributed by atoms with Gasteiger partial charge in [0.2, 0.25) is 0 Å². The fourth-order valence-corrected chi connectivity index (χ4v) is 2.78. The lowest BCUT2D eigenvalue weighted by molar-refractivity contribution is -0.385. The van der Waals surface area contributed by atoms with E-state index in [2.05, 4.69) is 15.9 Å². The van der Waals surface area contributed by atoms with Crippen LogP contribution in [0.4, 0.5) is 10.5 Å². The maximum absolute atomic E-state index is 12.1. The lowest BCUT2D eigenvalue weighted by Crippen LogP contribution is -2.40. The van der Waals surface area contributed by atoms with Crippen molar-refractivity contribution in [2.75, 3.05) is 6.54 Å². The van der Waals surface area contributed by atoms with E-state index < -0.39 is 11.7 Å². The third-order valence-corrected chi connectivity index (χ3v) is 3.58. The zero-order valence-electron chi connectivity index (χ0n) is 12.2. The summed E-state index contributed by atoms with van der Waals surface area (Å²) in [6, 6.07) is 3.32. The van der Waals surface area contributed by atoms with Crippen LogP contribution in [0.15, 0.2) is 16.6 Å². The third-order valence-electron chi connectivity index (χ3n) is 3.12. The molecule has 0 aromatic heterocycles. The number of ether oxygens (including phenoxy) is 1. The smallest absolute Gasteiger partial charge is 0.410 e. The number of hydrogen-bond acceptors (Lipinski definition) is 4. The molecule has 114 valence electrons. The molecule has 2 rings (SSSR count). The number of halogens is 1. The quantitative estimate of drug-likeness (QED) is 0.568. The van der Waals surface area contributed by atoms with E-state index in [0.29, 0.717) is 29.5 Å². The molecule has 1 heterocycles. The molecule has 0 aliphatic carbocycles. The van der Waals surface area contributed by atoms with Gasteiger partial charge in [0, 0.05) is 29.2 Å².